The van der Waals surface area contributed by atoms with Gasteiger partial charge in [0.05, 0.1) is 0 Å². The minimum atomic E-state index is 0.138. The van der Waals surface area contributed by atoms with E-state index in [9.17, 15) is 4.79 Å². The van der Waals surface area contributed by atoms with Crippen molar-refractivity contribution in [3.63, 3.8) is 0 Å². The highest BCUT2D eigenvalue weighted by molar-refractivity contribution is 5.62. The molecule has 0 aromatic heterocycles. The molecular formula is C13H16O. The quantitative estimate of drug-likeness (QED) is 0.666. The van der Waals surface area contributed by atoms with Crippen LogP contribution in [0.5, 0.6) is 0 Å². The summed E-state index contributed by atoms with van der Waals surface area (Å²) in [6.45, 7) is 0. The van der Waals surface area contributed by atoms with Crippen LogP contribution in [0.15, 0.2) is 30.3 Å². The highest BCUT2D eigenvalue weighted by Crippen LogP contribution is 2.35. The van der Waals surface area contributed by atoms with E-state index in [2.05, 4.69) is 12.1 Å². The lowest BCUT2D eigenvalue weighted by Gasteiger charge is -2.17. The third-order valence-corrected chi connectivity index (χ3v) is 3.24. The molecule has 0 amide bonds. The van der Waals surface area contributed by atoms with Crippen molar-refractivity contribution in [3.8, 4) is 0 Å². The van der Waals surface area contributed by atoms with E-state index >= 15 is 0 Å². The maximum Gasteiger partial charge on any atom is 0.127 e. The predicted molar refractivity (Wildman–Crippen MR) is 57.2 cm³/mol. The summed E-state index contributed by atoms with van der Waals surface area (Å²) in [5.74, 6) is 0.730. The van der Waals surface area contributed by atoms with Crippen molar-refractivity contribution >= 4 is 6.29 Å². The molecule has 0 N–H and O–H groups in total. The molecule has 1 aromatic rings. The first-order valence-electron chi connectivity index (χ1n) is 5.42. The minimum Gasteiger partial charge on any atom is -0.303 e. The third-order valence-electron chi connectivity index (χ3n) is 3.24. The third kappa shape index (κ3) is 1.87. The first kappa shape index (κ1) is 9.45. The molecule has 1 atom stereocenters. The molecule has 1 saturated carbocycles. The summed E-state index contributed by atoms with van der Waals surface area (Å²) in [5, 5.41) is 0. The number of carbonyl (C=O) groups excluding carboxylic acids is 1. The van der Waals surface area contributed by atoms with E-state index in [1.54, 1.807) is 0 Å². The molecule has 1 aromatic carbocycles. The number of carbonyl (C=O) groups is 1. The van der Waals surface area contributed by atoms with Gasteiger partial charge in [0.25, 0.3) is 0 Å². The molecule has 0 spiro atoms. The fourth-order valence-corrected chi connectivity index (χ4v) is 2.45. The second kappa shape index (κ2) is 4.41. The lowest BCUT2D eigenvalue weighted by atomic mass is 9.86. The molecule has 0 bridgehead atoms. The van der Waals surface area contributed by atoms with Crippen LogP contribution in [0, 0.1) is 5.92 Å². The van der Waals surface area contributed by atoms with E-state index in [-0.39, 0.29) is 5.92 Å². The monoisotopic (exact) mass is 188 g/mol. The zero-order valence-corrected chi connectivity index (χ0v) is 8.36. The van der Waals surface area contributed by atoms with E-state index in [4.69, 9.17) is 0 Å². The molecule has 14 heavy (non-hydrogen) atoms. The molecule has 2 rings (SSSR count). The van der Waals surface area contributed by atoms with Gasteiger partial charge in [0.2, 0.25) is 0 Å². The Morgan fingerprint density at radius 3 is 2.36 bits per heavy atom. The molecule has 0 saturated heterocycles. The Morgan fingerprint density at radius 2 is 1.79 bits per heavy atom. The molecular weight excluding hydrogens is 172 g/mol. The second-order valence-electron chi connectivity index (χ2n) is 4.12. The molecule has 1 aliphatic rings. The normalized spacial score (nSPS) is 19.4. The first-order chi connectivity index (χ1) is 6.92. The van der Waals surface area contributed by atoms with Crippen molar-refractivity contribution in [3.05, 3.63) is 35.9 Å². The molecule has 1 heteroatoms. The Morgan fingerprint density at radius 1 is 1.14 bits per heavy atom. The van der Waals surface area contributed by atoms with Gasteiger partial charge in [0.15, 0.2) is 0 Å². The second-order valence-corrected chi connectivity index (χ2v) is 4.12. The van der Waals surface area contributed by atoms with Gasteiger partial charge in [-0.1, -0.05) is 43.2 Å². The average Bonchev–Trinajstić information content (AvgIpc) is 2.74. The van der Waals surface area contributed by atoms with E-state index in [1.165, 1.54) is 31.2 Å². The van der Waals surface area contributed by atoms with Gasteiger partial charge in [-0.05, 0) is 24.3 Å². The highest BCUT2D eigenvalue weighted by atomic mass is 16.1. The van der Waals surface area contributed by atoms with Crippen molar-refractivity contribution in [2.75, 3.05) is 0 Å². The largest absolute Gasteiger partial charge is 0.303 e. The fourth-order valence-electron chi connectivity index (χ4n) is 2.45. The molecule has 1 nitrogen and oxygen atoms in total. The van der Waals surface area contributed by atoms with Crippen molar-refractivity contribution < 1.29 is 4.79 Å². The lowest BCUT2D eigenvalue weighted by molar-refractivity contribution is -0.110. The summed E-state index contributed by atoms with van der Waals surface area (Å²) in [6, 6.07) is 10.2. The topological polar surface area (TPSA) is 17.1 Å². The van der Waals surface area contributed by atoms with Crippen LogP contribution < -0.4 is 0 Å². The molecule has 74 valence electrons. The van der Waals surface area contributed by atoms with E-state index < -0.39 is 0 Å². The van der Waals surface area contributed by atoms with Crippen LogP contribution in [0.3, 0.4) is 0 Å². The first-order valence-corrected chi connectivity index (χ1v) is 5.42. The lowest BCUT2D eigenvalue weighted by Crippen LogP contribution is -2.10. The molecule has 0 radical (unpaired) electrons. The number of benzene rings is 1. The van der Waals surface area contributed by atoms with Crippen molar-refractivity contribution in [2.24, 2.45) is 5.92 Å². The van der Waals surface area contributed by atoms with Crippen LogP contribution in [0.2, 0.25) is 0 Å². The van der Waals surface area contributed by atoms with Gasteiger partial charge in [0, 0.05) is 5.92 Å². The highest BCUT2D eigenvalue weighted by Gasteiger charge is 2.25. The zero-order valence-electron chi connectivity index (χ0n) is 8.36. The Labute approximate surface area is 85.1 Å². The summed E-state index contributed by atoms with van der Waals surface area (Å²) < 4.78 is 0. The minimum absolute atomic E-state index is 0.138. The molecule has 1 fully saturated rings. The van der Waals surface area contributed by atoms with Crippen LogP contribution in [0.1, 0.15) is 37.2 Å². The Hall–Kier alpha value is -1.11. The van der Waals surface area contributed by atoms with Crippen LogP contribution in [0.4, 0.5) is 0 Å². The Bertz CT molecular complexity index is 285. The smallest absolute Gasteiger partial charge is 0.127 e. The SMILES string of the molecule is O=CC(c1ccccc1)C1CCCC1. The van der Waals surface area contributed by atoms with Crippen molar-refractivity contribution in [1.29, 1.82) is 0 Å². The maximum atomic E-state index is 11.1. The molecule has 0 heterocycles. The van der Waals surface area contributed by atoms with Gasteiger partial charge >= 0.3 is 0 Å². The fraction of sp³-hybridized carbons (Fsp3) is 0.462. The van der Waals surface area contributed by atoms with E-state index in [1.807, 2.05) is 18.2 Å². The number of hydrogen-bond acceptors (Lipinski definition) is 1. The van der Waals surface area contributed by atoms with Gasteiger partial charge in [-0.3, -0.25) is 0 Å². The maximum absolute atomic E-state index is 11.1. The van der Waals surface area contributed by atoms with Gasteiger partial charge in [-0.15, -0.1) is 0 Å². The number of hydrogen-bond donors (Lipinski definition) is 0. The molecule has 1 aliphatic carbocycles. The van der Waals surface area contributed by atoms with Crippen molar-refractivity contribution in [1.82, 2.24) is 0 Å². The van der Waals surface area contributed by atoms with Gasteiger partial charge in [0.1, 0.15) is 6.29 Å². The summed E-state index contributed by atoms with van der Waals surface area (Å²) in [5.41, 5.74) is 1.19. The van der Waals surface area contributed by atoms with Crippen LogP contribution in [0.25, 0.3) is 0 Å². The summed E-state index contributed by atoms with van der Waals surface area (Å²) in [7, 11) is 0. The van der Waals surface area contributed by atoms with Gasteiger partial charge in [-0.2, -0.15) is 0 Å². The van der Waals surface area contributed by atoms with Gasteiger partial charge < -0.3 is 4.79 Å². The Kier molecular flexibility index (Phi) is 2.97. The zero-order chi connectivity index (χ0) is 9.80. The van der Waals surface area contributed by atoms with E-state index in [0.29, 0.717) is 5.92 Å². The van der Waals surface area contributed by atoms with Crippen LogP contribution >= 0.6 is 0 Å². The standard InChI is InChI=1S/C13H16O/c14-10-13(12-8-4-5-9-12)11-6-2-1-3-7-11/h1-3,6-7,10,12-13H,4-5,8-9H2. The molecule has 0 aliphatic heterocycles. The average molecular weight is 188 g/mol. The predicted octanol–water partition coefficient (Wildman–Crippen LogP) is 3.16. The summed E-state index contributed by atoms with van der Waals surface area (Å²) >= 11 is 0. The number of rotatable bonds is 3. The molecule has 1 unspecified atom stereocenters. The van der Waals surface area contributed by atoms with E-state index in [0.717, 1.165) is 6.29 Å². The summed E-state index contributed by atoms with van der Waals surface area (Å²) in [4.78, 5) is 11.1. The Balaban J connectivity index is 2.16. The van der Waals surface area contributed by atoms with Crippen LogP contribution in [-0.2, 0) is 4.79 Å². The van der Waals surface area contributed by atoms with Crippen LogP contribution in [-0.4, -0.2) is 6.29 Å². The van der Waals surface area contributed by atoms with Gasteiger partial charge in [-0.25, -0.2) is 0 Å². The van der Waals surface area contributed by atoms with Crippen molar-refractivity contribution in [2.45, 2.75) is 31.6 Å². The summed E-state index contributed by atoms with van der Waals surface area (Å²) in [6.07, 6.45) is 6.16. The number of aldehydes is 1.